The summed E-state index contributed by atoms with van der Waals surface area (Å²) in [6.45, 7) is 4.50. The number of rotatable bonds is 8. The molecule has 3 rings (SSSR count). The molecule has 0 saturated heterocycles. The first-order valence-electron chi connectivity index (χ1n) is 8.10. The van der Waals surface area contributed by atoms with Gasteiger partial charge in [0.25, 0.3) is 5.91 Å². The van der Waals surface area contributed by atoms with Gasteiger partial charge in [-0.1, -0.05) is 0 Å². The van der Waals surface area contributed by atoms with Crippen molar-refractivity contribution in [3.8, 4) is 0 Å². The summed E-state index contributed by atoms with van der Waals surface area (Å²) in [6.07, 6.45) is 3.18. The molecule has 9 heteroatoms. The van der Waals surface area contributed by atoms with Crippen molar-refractivity contribution < 1.29 is 9.53 Å². The summed E-state index contributed by atoms with van der Waals surface area (Å²) in [6, 6.07) is 5.16. The predicted octanol–water partition coefficient (Wildman–Crippen LogP) is 0.388. The number of hydrogen-bond donors (Lipinski definition) is 2. The van der Waals surface area contributed by atoms with E-state index < -0.39 is 0 Å². The Labute approximate surface area is 143 Å². The first-order valence-corrected chi connectivity index (χ1v) is 8.10. The monoisotopic (exact) mass is 344 g/mol. The zero-order valence-corrected chi connectivity index (χ0v) is 13.9. The van der Waals surface area contributed by atoms with Crippen molar-refractivity contribution in [3.63, 3.8) is 0 Å². The van der Waals surface area contributed by atoms with E-state index in [1.807, 2.05) is 6.92 Å². The van der Waals surface area contributed by atoms with Crippen LogP contribution >= 0.6 is 0 Å². The molecule has 3 aromatic rings. The van der Waals surface area contributed by atoms with Crippen LogP contribution in [0.2, 0.25) is 0 Å². The number of carbonyl (C=O) groups excluding carboxylic acids is 1. The van der Waals surface area contributed by atoms with Gasteiger partial charge in [0.05, 0.1) is 24.2 Å². The molecule has 1 amide bonds. The Kier molecular flexibility index (Phi) is 5.24. The predicted molar refractivity (Wildman–Crippen MR) is 91.4 cm³/mol. The van der Waals surface area contributed by atoms with E-state index >= 15 is 0 Å². The van der Waals surface area contributed by atoms with Crippen molar-refractivity contribution in [3.05, 3.63) is 46.9 Å². The van der Waals surface area contributed by atoms with Gasteiger partial charge >= 0.3 is 5.69 Å². The van der Waals surface area contributed by atoms with Crippen LogP contribution in [-0.2, 0) is 17.8 Å². The topological polar surface area (TPSA) is 107 Å². The lowest BCUT2D eigenvalue weighted by Crippen LogP contribution is -2.26. The number of fused-ring (bicyclic) bond motifs is 1. The summed E-state index contributed by atoms with van der Waals surface area (Å²) in [4.78, 5) is 27.1. The number of hydrogen-bond acceptors (Lipinski definition) is 5. The van der Waals surface area contributed by atoms with Gasteiger partial charge in [-0.15, -0.1) is 10.2 Å². The van der Waals surface area contributed by atoms with Crippen molar-refractivity contribution in [2.45, 2.75) is 20.0 Å². The van der Waals surface area contributed by atoms with Gasteiger partial charge in [-0.2, -0.15) is 0 Å². The molecule has 1 aromatic carbocycles. The molecule has 2 heterocycles. The molecule has 2 aromatic heterocycles. The largest absolute Gasteiger partial charge is 0.380 e. The molecule has 0 radical (unpaired) electrons. The number of amides is 1. The fourth-order valence-corrected chi connectivity index (χ4v) is 2.57. The number of aromatic nitrogens is 5. The van der Waals surface area contributed by atoms with Crippen LogP contribution in [0.4, 0.5) is 0 Å². The molecule has 0 aliphatic heterocycles. The smallest absolute Gasteiger partial charge is 0.326 e. The van der Waals surface area contributed by atoms with Gasteiger partial charge in [-0.25, -0.2) is 4.79 Å². The zero-order chi connectivity index (χ0) is 17.6. The molecular formula is C16H20N6O3. The minimum Gasteiger partial charge on any atom is -0.380 e. The van der Waals surface area contributed by atoms with Crippen molar-refractivity contribution in [2.75, 3.05) is 19.8 Å². The Balaban J connectivity index is 1.68. The lowest BCUT2D eigenvalue weighted by atomic mass is 10.2. The van der Waals surface area contributed by atoms with Crippen LogP contribution in [0.25, 0.3) is 11.0 Å². The summed E-state index contributed by atoms with van der Waals surface area (Å²) in [5.74, 6) is -0.196. The molecule has 0 bridgehead atoms. The first kappa shape index (κ1) is 16.9. The van der Waals surface area contributed by atoms with Gasteiger partial charge in [-0.3, -0.25) is 9.36 Å². The second-order valence-electron chi connectivity index (χ2n) is 5.47. The summed E-state index contributed by atoms with van der Waals surface area (Å²) in [7, 11) is 0. The number of nitrogens with one attached hydrogen (secondary N) is 2. The second-order valence-corrected chi connectivity index (χ2v) is 5.47. The highest BCUT2D eigenvalue weighted by Gasteiger charge is 2.11. The summed E-state index contributed by atoms with van der Waals surface area (Å²) in [5.41, 5.74) is 1.67. The fourth-order valence-electron chi connectivity index (χ4n) is 2.57. The van der Waals surface area contributed by atoms with E-state index in [1.165, 1.54) is 0 Å². The van der Waals surface area contributed by atoms with E-state index in [9.17, 15) is 9.59 Å². The van der Waals surface area contributed by atoms with E-state index in [4.69, 9.17) is 4.74 Å². The highest BCUT2D eigenvalue weighted by atomic mass is 16.5. The molecule has 0 spiro atoms. The average molecular weight is 344 g/mol. The molecule has 0 aliphatic rings. The molecule has 0 atom stereocenters. The molecule has 132 valence electrons. The number of ether oxygens (including phenoxy) is 1. The van der Waals surface area contributed by atoms with E-state index in [1.54, 1.807) is 40.0 Å². The van der Waals surface area contributed by atoms with Crippen LogP contribution in [0.3, 0.4) is 0 Å². The maximum atomic E-state index is 12.2. The van der Waals surface area contributed by atoms with E-state index in [2.05, 4.69) is 20.5 Å². The first-order chi connectivity index (χ1) is 12.2. The van der Waals surface area contributed by atoms with E-state index in [0.717, 1.165) is 5.52 Å². The third-order valence-electron chi connectivity index (χ3n) is 3.82. The van der Waals surface area contributed by atoms with Crippen LogP contribution in [0, 0.1) is 0 Å². The molecule has 9 nitrogen and oxygen atoms in total. The molecule has 0 unspecified atom stereocenters. The Morgan fingerprint density at radius 3 is 2.84 bits per heavy atom. The van der Waals surface area contributed by atoms with Gasteiger partial charge in [0.2, 0.25) is 0 Å². The normalized spacial score (nSPS) is 11.1. The van der Waals surface area contributed by atoms with Crippen molar-refractivity contribution >= 4 is 16.9 Å². The molecule has 0 aliphatic carbocycles. The Morgan fingerprint density at radius 2 is 2.08 bits per heavy atom. The third kappa shape index (κ3) is 3.94. The van der Waals surface area contributed by atoms with Crippen LogP contribution in [0.1, 0.15) is 17.3 Å². The summed E-state index contributed by atoms with van der Waals surface area (Å²) >= 11 is 0. The maximum absolute atomic E-state index is 12.2. The number of aromatic amines is 1. The SMILES string of the molecule is CCOCCn1c(=O)[nH]c2cc(C(=O)NCCn3cnnc3)ccc21. The lowest BCUT2D eigenvalue weighted by Gasteiger charge is -2.06. The quantitative estimate of drug-likeness (QED) is 0.575. The lowest BCUT2D eigenvalue weighted by molar-refractivity contribution is 0.0952. The van der Waals surface area contributed by atoms with Crippen LogP contribution < -0.4 is 11.0 Å². The Bertz CT molecular complexity index is 896. The van der Waals surface area contributed by atoms with Crippen LogP contribution in [0.5, 0.6) is 0 Å². The molecule has 0 saturated carbocycles. The molecule has 0 fully saturated rings. The minimum absolute atomic E-state index is 0.196. The molecular weight excluding hydrogens is 324 g/mol. The van der Waals surface area contributed by atoms with Crippen molar-refractivity contribution in [1.82, 2.24) is 29.6 Å². The van der Waals surface area contributed by atoms with Gasteiger partial charge in [0.15, 0.2) is 0 Å². The minimum atomic E-state index is -0.208. The number of H-pyrrole nitrogens is 1. The van der Waals surface area contributed by atoms with Crippen molar-refractivity contribution in [1.29, 1.82) is 0 Å². The highest BCUT2D eigenvalue weighted by molar-refractivity contribution is 5.97. The Morgan fingerprint density at radius 1 is 1.28 bits per heavy atom. The summed E-state index contributed by atoms with van der Waals surface area (Å²) in [5, 5.41) is 10.2. The van der Waals surface area contributed by atoms with Gasteiger partial charge < -0.3 is 19.6 Å². The zero-order valence-electron chi connectivity index (χ0n) is 13.9. The number of benzene rings is 1. The Hall–Kier alpha value is -2.94. The van der Waals surface area contributed by atoms with E-state index in [0.29, 0.717) is 43.9 Å². The van der Waals surface area contributed by atoms with Gasteiger partial charge in [0, 0.05) is 25.3 Å². The fraction of sp³-hybridized carbons (Fsp3) is 0.375. The molecule has 2 N–H and O–H groups in total. The average Bonchev–Trinajstić information content (AvgIpc) is 3.22. The van der Waals surface area contributed by atoms with Gasteiger partial charge in [-0.05, 0) is 25.1 Å². The van der Waals surface area contributed by atoms with Crippen molar-refractivity contribution in [2.24, 2.45) is 0 Å². The van der Waals surface area contributed by atoms with Gasteiger partial charge in [0.1, 0.15) is 12.7 Å². The molecule has 25 heavy (non-hydrogen) atoms. The number of carbonyl (C=O) groups is 1. The highest BCUT2D eigenvalue weighted by Crippen LogP contribution is 2.13. The standard InChI is InChI=1S/C16H20N6O3/c1-2-25-8-7-22-14-4-3-12(9-13(14)20-16(22)24)15(23)17-5-6-21-10-18-19-11-21/h3-4,9-11H,2,5-8H2,1H3,(H,17,23)(H,20,24). The van der Waals surface area contributed by atoms with Crippen LogP contribution in [-0.4, -0.2) is 50.0 Å². The number of imidazole rings is 1. The summed E-state index contributed by atoms with van der Waals surface area (Å²) < 4.78 is 8.69. The maximum Gasteiger partial charge on any atom is 0.326 e. The van der Waals surface area contributed by atoms with Crippen LogP contribution in [0.15, 0.2) is 35.6 Å². The number of nitrogens with zero attached hydrogens (tertiary/aromatic N) is 4. The second kappa shape index (κ2) is 7.75. The third-order valence-corrected chi connectivity index (χ3v) is 3.82. The van der Waals surface area contributed by atoms with E-state index in [-0.39, 0.29) is 11.6 Å².